The summed E-state index contributed by atoms with van der Waals surface area (Å²) in [6.07, 6.45) is 4.40. The van der Waals surface area contributed by atoms with Crippen molar-refractivity contribution in [2.24, 2.45) is 0 Å². The number of carbonyl (C=O) groups excluding carboxylic acids is 1. The van der Waals surface area contributed by atoms with E-state index in [1.54, 1.807) is 11.8 Å². The van der Waals surface area contributed by atoms with Crippen molar-refractivity contribution in [3.05, 3.63) is 0 Å². The Bertz CT molecular complexity index is 243. The van der Waals surface area contributed by atoms with E-state index in [4.69, 9.17) is 5.11 Å². The minimum Gasteiger partial charge on any atom is -0.395 e. The second-order valence-electron chi connectivity index (χ2n) is 4.61. The molecule has 0 heterocycles. The summed E-state index contributed by atoms with van der Waals surface area (Å²) in [5.41, 5.74) is 0. The first kappa shape index (κ1) is 14.8. The Kier molecular flexibility index (Phi) is 6.30. The normalized spacial score (nSPS) is 19.1. The van der Waals surface area contributed by atoms with Crippen LogP contribution in [0.1, 0.15) is 26.7 Å². The zero-order valence-electron chi connectivity index (χ0n) is 11.0. The van der Waals surface area contributed by atoms with Crippen LogP contribution in [0.15, 0.2) is 0 Å². The van der Waals surface area contributed by atoms with Gasteiger partial charge in [0.2, 0.25) is 5.91 Å². The lowest BCUT2D eigenvalue weighted by Gasteiger charge is -2.24. The maximum Gasteiger partial charge on any atom is 0.234 e. The van der Waals surface area contributed by atoms with E-state index in [1.807, 2.05) is 13.2 Å². The van der Waals surface area contributed by atoms with Crippen LogP contribution in [-0.2, 0) is 4.79 Å². The van der Waals surface area contributed by atoms with E-state index in [9.17, 15) is 4.79 Å². The molecule has 1 aliphatic carbocycles. The third kappa shape index (κ3) is 4.85. The molecular formula is C12H24N2O2S. The summed E-state index contributed by atoms with van der Waals surface area (Å²) in [6.45, 7) is 5.55. The average Bonchev–Trinajstić information content (AvgIpc) is 3.11. The molecule has 2 unspecified atom stereocenters. The molecular weight excluding hydrogens is 236 g/mol. The fourth-order valence-electron chi connectivity index (χ4n) is 1.95. The Labute approximate surface area is 108 Å². The van der Waals surface area contributed by atoms with Crippen molar-refractivity contribution in [3.63, 3.8) is 0 Å². The van der Waals surface area contributed by atoms with Gasteiger partial charge in [-0.3, -0.25) is 9.69 Å². The highest BCUT2D eigenvalue weighted by Gasteiger charge is 2.29. The van der Waals surface area contributed by atoms with E-state index in [0.717, 1.165) is 6.54 Å². The number of nitrogens with zero attached hydrogens (tertiary/aromatic N) is 1. The fraction of sp³-hybridized carbons (Fsp3) is 0.917. The van der Waals surface area contributed by atoms with E-state index in [2.05, 4.69) is 17.1 Å². The third-order valence-electron chi connectivity index (χ3n) is 3.25. The number of hydrogen-bond donors (Lipinski definition) is 2. The highest BCUT2D eigenvalue weighted by molar-refractivity contribution is 7.99. The van der Waals surface area contributed by atoms with Gasteiger partial charge in [-0.25, -0.2) is 0 Å². The first-order valence-electron chi connectivity index (χ1n) is 6.29. The van der Waals surface area contributed by atoms with Crippen LogP contribution in [0.3, 0.4) is 0 Å². The van der Waals surface area contributed by atoms with Gasteiger partial charge < -0.3 is 10.4 Å². The van der Waals surface area contributed by atoms with Crippen LogP contribution >= 0.6 is 11.8 Å². The van der Waals surface area contributed by atoms with Gasteiger partial charge >= 0.3 is 0 Å². The van der Waals surface area contributed by atoms with Crippen LogP contribution in [0, 0.1) is 0 Å². The summed E-state index contributed by atoms with van der Waals surface area (Å²) >= 11 is 1.58. The Morgan fingerprint density at radius 3 is 2.65 bits per heavy atom. The summed E-state index contributed by atoms with van der Waals surface area (Å²) in [6, 6.07) is 0.635. The molecule has 0 spiro atoms. The summed E-state index contributed by atoms with van der Waals surface area (Å²) in [5, 5.41) is 12.2. The lowest BCUT2D eigenvalue weighted by Crippen LogP contribution is -2.46. The molecule has 0 aromatic heterocycles. The predicted molar refractivity (Wildman–Crippen MR) is 72.3 cm³/mol. The van der Waals surface area contributed by atoms with E-state index >= 15 is 0 Å². The molecule has 0 aromatic carbocycles. The lowest BCUT2D eigenvalue weighted by atomic mass is 10.2. The highest BCUT2D eigenvalue weighted by atomic mass is 32.2. The third-order valence-corrected chi connectivity index (χ3v) is 4.41. The van der Waals surface area contributed by atoms with Gasteiger partial charge in [0.05, 0.1) is 13.2 Å². The molecule has 0 saturated heterocycles. The molecule has 4 nitrogen and oxygen atoms in total. The standard InChI is InChI=1S/C12H24N2O2S/c1-4-14(10-5-6-10)7-12(16)13-9(2)11(8-15)17-3/h9-11,15H,4-8H2,1-3H3,(H,13,16). The van der Waals surface area contributed by atoms with Crippen LogP contribution in [-0.4, -0.2) is 59.2 Å². The van der Waals surface area contributed by atoms with Gasteiger partial charge in [0.15, 0.2) is 0 Å². The number of amides is 1. The van der Waals surface area contributed by atoms with Crippen molar-refractivity contribution in [2.75, 3.05) is 26.0 Å². The Hall–Kier alpha value is -0.260. The van der Waals surface area contributed by atoms with Crippen LogP contribution < -0.4 is 5.32 Å². The SMILES string of the molecule is CCN(CC(=O)NC(C)C(CO)SC)C1CC1. The highest BCUT2D eigenvalue weighted by Crippen LogP contribution is 2.26. The van der Waals surface area contributed by atoms with E-state index in [-0.39, 0.29) is 23.8 Å². The zero-order chi connectivity index (χ0) is 12.8. The average molecular weight is 260 g/mol. The summed E-state index contributed by atoms with van der Waals surface area (Å²) in [7, 11) is 0. The van der Waals surface area contributed by atoms with E-state index in [0.29, 0.717) is 12.6 Å². The van der Waals surface area contributed by atoms with Crippen LogP contribution in [0.2, 0.25) is 0 Å². The summed E-state index contributed by atoms with van der Waals surface area (Å²) in [5.74, 6) is 0.0683. The summed E-state index contributed by atoms with van der Waals surface area (Å²) in [4.78, 5) is 14.1. The second kappa shape index (κ2) is 7.24. The molecule has 0 bridgehead atoms. The van der Waals surface area contributed by atoms with Gasteiger partial charge in [0.1, 0.15) is 0 Å². The molecule has 0 aliphatic heterocycles. The molecule has 1 rings (SSSR count). The molecule has 100 valence electrons. The topological polar surface area (TPSA) is 52.6 Å². The van der Waals surface area contributed by atoms with Crippen molar-refractivity contribution in [1.29, 1.82) is 0 Å². The quantitative estimate of drug-likeness (QED) is 0.674. The van der Waals surface area contributed by atoms with Gasteiger partial charge in [0.25, 0.3) is 0 Å². The number of likely N-dealkylation sites (N-methyl/N-ethyl adjacent to an activating group) is 1. The molecule has 1 saturated carbocycles. The van der Waals surface area contributed by atoms with Crippen molar-refractivity contribution < 1.29 is 9.90 Å². The molecule has 0 radical (unpaired) electrons. The minimum absolute atomic E-state index is 0.0143. The summed E-state index contributed by atoms with van der Waals surface area (Å²) < 4.78 is 0. The predicted octanol–water partition coefficient (Wildman–Crippen LogP) is 0.699. The van der Waals surface area contributed by atoms with Gasteiger partial charge in [-0.2, -0.15) is 11.8 Å². The number of nitrogens with one attached hydrogen (secondary N) is 1. The number of thioether (sulfide) groups is 1. The van der Waals surface area contributed by atoms with E-state index < -0.39 is 0 Å². The number of aliphatic hydroxyl groups is 1. The molecule has 1 aliphatic rings. The van der Waals surface area contributed by atoms with Crippen LogP contribution in [0.4, 0.5) is 0 Å². The number of hydrogen-bond acceptors (Lipinski definition) is 4. The number of carbonyl (C=O) groups is 1. The van der Waals surface area contributed by atoms with Crippen LogP contribution in [0.5, 0.6) is 0 Å². The molecule has 2 atom stereocenters. The van der Waals surface area contributed by atoms with Crippen LogP contribution in [0.25, 0.3) is 0 Å². The zero-order valence-corrected chi connectivity index (χ0v) is 11.8. The Morgan fingerprint density at radius 1 is 1.59 bits per heavy atom. The molecule has 17 heavy (non-hydrogen) atoms. The molecule has 0 aromatic rings. The van der Waals surface area contributed by atoms with Crippen molar-refractivity contribution in [3.8, 4) is 0 Å². The first-order valence-corrected chi connectivity index (χ1v) is 7.58. The Morgan fingerprint density at radius 2 is 2.24 bits per heavy atom. The smallest absolute Gasteiger partial charge is 0.234 e. The lowest BCUT2D eigenvalue weighted by molar-refractivity contribution is -0.123. The van der Waals surface area contributed by atoms with Gasteiger partial charge in [-0.05, 0) is 32.6 Å². The van der Waals surface area contributed by atoms with Gasteiger partial charge in [0, 0.05) is 17.3 Å². The number of aliphatic hydroxyl groups excluding tert-OH is 1. The van der Waals surface area contributed by atoms with Gasteiger partial charge in [-0.1, -0.05) is 6.92 Å². The fourth-order valence-corrected chi connectivity index (χ4v) is 2.58. The van der Waals surface area contributed by atoms with Crippen molar-refractivity contribution in [2.45, 2.75) is 44.0 Å². The molecule has 1 amide bonds. The van der Waals surface area contributed by atoms with Crippen molar-refractivity contribution in [1.82, 2.24) is 10.2 Å². The van der Waals surface area contributed by atoms with E-state index in [1.165, 1.54) is 12.8 Å². The first-order chi connectivity index (χ1) is 8.12. The van der Waals surface area contributed by atoms with Crippen molar-refractivity contribution >= 4 is 17.7 Å². The number of rotatable bonds is 8. The largest absolute Gasteiger partial charge is 0.395 e. The second-order valence-corrected chi connectivity index (χ2v) is 5.68. The Balaban J connectivity index is 2.32. The maximum atomic E-state index is 11.8. The molecule has 1 fully saturated rings. The minimum atomic E-state index is 0.0143. The monoisotopic (exact) mass is 260 g/mol. The molecule has 2 N–H and O–H groups in total. The maximum absolute atomic E-state index is 11.8. The van der Waals surface area contributed by atoms with Gasteiger partial charge in [-0.15, -0.1) is 0 Å². The molecule has 5 heteroatoms.